The highest BCUT2D eigenvalue weighted by Gasteiger charge is 2.26. The Labute approximate surface area is 307 Å². The lowest BCUT2D eigenvalue weighted by Gasteiger charge is -2.21. The lowest BCUT2D eigenvalue weighted by Crippen LogP contribution is -2.17. The summed E-state index contributed by atoms with van der Waals surface area (Å²) in [6.45, 7) is 0. The van der Waals surface area contributed by atoms with Crippen molar-refractivity contribution in [1.29, 1.82) is 0 Å². The van der Waals surface area contributed by atoms with E-state index >= 15 is 0 Å². The average molecular weight is 794 g/mol. The molecule has 0 radical (unpaired) electrons. The summed E-state index contributed by atoms with van der Waals surface area (Å²) in [5.41, 5.74) is 4.45. The molecule has 4 heterocycles. The predicted octanol–water partition coefficient (Wildman–Crippen LogP) is 11.1. The van der Waals surface area contributed by atoms with E-state index in [4.69, 9.17) is 9.97 Å². The summed E-state index contributed by atoms with van der Waals surface area (Å²) in [6.07, 6.45) is 0. The fourth-order valence-corrected chi connectivity index (χ4v) is 10.7. The van der Waals surface area contributed by atoms with Gasteiger partial charge in [-0.25, -0.2) is 9.97 Å². The minimum Gasteiger partial charge on any atom is -0.268 e. The molecule has 0 saturated carbocycles. The van der Waals surface area contributed by atoms with Gasteiger partial charge < -0.3 is 0 Å². The average Bonchev–Trinajstić information content (AvgIpc) is 3.16. The number of benzene rings is 9. The highest BCUT2D eigenvalue weighted by Crippen LogP contribution is 2.50. The zero-order chi connectivity index (χ0) is 34.3. The van der Waals surface area contributed by atoms with E-state index < -0.39 is 0 Å². The molecule has 0 aliphatic carbocycles. The van der Waals surface area contributed by atoms with E-state index in [1.165, 1.54) is 0 Å². The molecule has 0 spiro atoms. The molecule has 13 aromatic rings. The van der Waals surface area contributed by atoms with Gasteiger partial charge in [0.2, 0.25) is 0 Å². The third kappa shape index (κ3) is 3.03. The van der Waals surface area contributed by atoms with E-state index in [1.54, 1.807) is 8.80 Å². The molecule has 240 valence electrons. The summed E-state index contributed by atoms with van der Waals surface area (Å²) < 4.78 is 5.19. The zero-order valence-electron chi connectivity index (χ0n) is 26.8. The van der Waals surface area contributed by atoms with Crippen LogP contribution in [0, 0.1) is 0 Å². The Morgan fingerprint density at radius 2 is 0.808 bits per heavy atom. The summed E-state index contributed by atoms with van der Waals surface area (Å²) >= 11 is 7.90. The molecule has 6 nitrogen and oxygen atoms in total. The Hall–Kier alpha value is -5.96. The van der Waals surface area contributed by atoms with Crippen LogP contribution >= 0.6 is 31.9 Å². The molecule has 0 aliphatic rings. The minimum atomic E-state index is -0.107. The van der Waals surface area contributed by atoms with Crippen molar-refractivity contribution >= 4 is 151 Å². The van der Waals surface area contributed by atoms with Gasteiger partial charge in [-0.2, -0.15) is 0 Å². The van der Waals surface area contributed by atoms with Crippen LogP contribution in [0.1, 0.15) is 0 Å². The monoisotopic (exact) mass is 792 g/mol. The number of halogens is 2. The van der Waals surface area contributed by atoms with Crippen molar-refractivity contribution in [3.63, 3.8) is 0 Å². The van der Waals surface area contributed by atoms with E-state index in [1.807, 2.05) is 60.7 Å². The summed E-state index contributed by atoms with van der Waals surface area (Å²) in [6, 6.07) is 36.8. The topological polar surface area (TPSA) is 68.7 Å². The number of hydrogen-bond acceptors (Lipinski definition) is 4. The first kappa shape index (κ1) is 27.7. The first-order valence-corrected chi connectivity index (χ1v) is 18.6. The molecule has 0 N–H and O–H groups in total. The summed E-state index contributed by atoms with van der Waals surface area (Å²) in [5.74, 6) is 0. The Morgan fingerprint density at radius 1 is 0.404 bits per heavy atom. The van der Waals surface area contributed by atoms with Crippen molar-refractivity contribution in [3.05, 3.63) is 139 Å². The number of fused-ring (bicyclic) bond motifs is 8. The molecule has 0 fully saturated rings. The van der Waals surface area contributed by atoms with Crippen LogP contribution in [0.25, 0.3) is 120 Å². The fourth-order valence-electron chi connectivity index (χ4n) is 9.45. The third-order valence-corrected chi connectivity index (χ3v) is 12.7. The molecule has 0 unspecified atom stereocenters. The molecule has 8 heteroatoms. The van der Waals surface area contributed by atoms with Crippen LogP contribution in [0.5, 0.6) is 0 Å². The van der Waals surface area contributed by atoms with Gasteiger partial charge in [-0.1, -0.05) is 92.5 Å². The van der Waals surface area contributed by atoms with Crippen LogP contribution < -0.4 is 11.1 Å². The maximum atomic E-state index is 14.7. The number of aromatic nitrogens is 4. The number of nitrogens with zero attached hydrogens (tertiary/aromatic N) is 4. The SMILES string of the molecule is O=c1c2cc(Br)c3c4ccc5c6c(cc(Br)c(c7ccc(c2c73)c2nc3cccc7cccc(c73)n12)c46)c(=O)n1c2cccc3cccc(nc51)c32. The predicted molar refractivity (Wildman–Crippen MR) is 220 cm³/mol. The largest absolute Gasteiger partial charge is 0.268 e. The molecule has 0 saturated heterocycles. The van der Waals surface area contributed by atoms with Crippen LogP contribution in [0.15, 0.2) is 128 Å². The van der Waals surface area contributed by atoms with E-state index in [2.05, 4.69) is 80.4 Å². The lowest BCUT2D eigenvalue weighted by atomic mass is 9.86. The third-order valence-electron chi connectivity index (χ3n) is 11.4. The Kier molecular flexibility index (Phi) is 4.85. The van der Waals surface area contributed by atoms with Crippen molar-refractivity contribution in [2.24, 2.45) is 0 Å². The van der Waals surface area contributed by atoms with Gasteiger partial charge in [0.25, 0.3) is 11.1 Å². The zero-order valence-corrected chi connectivity index (χ0v) is 29.9. The molecule has 52 heavy (non-hydrogen) atoms. The number of hydrogen-bond donors (Lipinski definition) is 0. The minimum absolute atomic E-state index is 0.107. The van der Waals surface area contributed by atoms with Gasteiger partial charge in [0, 0.05) is 62.8 Å². The van der Waals surface area contributed by atoms with Gasteiger partial charge in [-0.15, -0.1) is 0 Å². The first-order chi connectivity index (χ1) is 25.5. The van der Waals surface area contributed by atoms with Crippen molar-refractivity contribution in [2.75, 3.05) is 0 Å². The van der Waals surface area contributed by atoms with Crippen LogP contribution in [-0.2, 0) is 0 Å². The van der Waals surface area contributed by atoms with Crippen molar-refractivity contribution in [2.45, 2.75) is 0 Å². The Bertz CT molecular complexity index is 3680. The van der Waals surface area contributed by atoms with E-state index in [9.17, 15) is 9.59 Å². The Morgan fingerprint density at radius 3 is 1.25 bits per heavy atom. The molecular weight excluding hydrogens is 776 g/mol. The van der Waals surface area contributed by atoms with E-state index in [0.717, 1.165) is 106 Å². The standard InChI is InChI=1S/C44H18Br2N4O2/c45-27-17-25-35-23(41-47-29-9-1-5-19-7-3-11-31(33(19)29)49(41)43(25)51)15-13-21-38-28(46)18-26-36-24(16-14-22(40(36)38)37(27)39(21)35)42-48-30-10-2-6-20-8-4-12-32(34(20)30)50(42)44(26)52/h1-18H. The van der Waals surface area contributed by atoms with Crippen molar-refractivity contribution < 1.29 is 0 Å². The van der Waals surface area contributed by atoms with Gasteiger partial charge in [0.05, 0.1) is 32.8 Å². The molecule has 0 atom stereocenters. The molecule has 13 rings (SSSR count). The van der Waals surface area contributed by atoms with Crippen molar-refractivity contribution in [3.8, 4) is 0 Å². The normalized spacial score (nSPS) is 13.0. The lowest BCUT2D eigenvalue weighted by molar-refractivity contribution is 1.15. The van der Waals surface area contributed by atoms with Gasteiger partial charge in [0.15, 0.2) is 0 Å². The number of pyridine rings is 2. The van der Waals surface area contributed by atoms with Crippen molar-refractivity contribution in [1.82, 2.24) is 18.8 Å². The van der Waals surface area contributed by atoms with Gasteiger partial charge >= 0.3 is 0 Å². The fraction of sp³-hybridized carbons (Fsp3) is 0. The Balaban J connectivity index is 1.28. The molecule has 0 amide bonds. The van der Waals surface area contributed by atoms with Gasteiger partial charge in [0.1, 0.15) is 11.3 Å². The smallest absolute Gasteiger partial charge is 0.264 e. The van der Waals surface area contributed by atoms with Crippen LogP contribution in [0.2, 0.25) is 0 Å². The molecule has 0 bridgehead atoms. The quantitative estimate of drug-likeness (QED) is 0.113. The second kappa shape index (κ2) is 9.09. The maximum Gasteiger partial charge on any atom is 0.264 e. The van der Waals surface area contributed by atoms with Gasteiger partial charge in [-0.05, 0) is 70.1 Å². The summed E-state index contributed by atoms with van der Waals surface area (Å²) in [7, 11) is 0. The van der Waals surface area contributed by atoms with Crippen LogP contribution in [0.3, 0.4) is 0 Å². The second-order valence-electron chi connectivity index (χ2n) is 13.8. The maximum absolute atomic E-state index is 14.7. The molecule has 0 aliphatic heterocycles. The van der Waals surface area contributed by atoms with E-state index in [-0.39, 0.29) is 11.1 Å². The molecule has 4 aromatic heterocycles. The van der Waals surface area contributed by atoms with E-state index in [0.29, 0.717) is 22.1 Å². The molecule has 9 aromatic carbocycles. The summed E-state index contributed by atoms with van der Waals surface area (Å²) in [5, 5.41) is 14.8. The first-order valence-electron chi connectivity index (χ1n) is 17.0. The highest BCUT2D eigenvalue weighted by molar-refractivity contribution is 9.11. The summed E-state index contributed by atoms with van der Waals surface area (Å²) in [4.78, 5) is 39.7. The van der Waals surface area contributed by atoms with Crippen LogP contribution in [-0.4, -0.2) is 18.8 Å². The number of rotatable bonds is 0. The molecular formula is C44H18Br2N4O2. The second-order valence-corrected chi connectivity index (χ2v) is 15.5. The highest BCUT2D eigenvalue weighted by atomic mass is 79.9. The van der Waals surface area contributed by atoms with Gasteiger partial charge in [-0.3, -0.25) is 18.4 Å². The van der Waals surface area contributed by atoms with Crippen LogP contribution in [0.4, 0.5) is 0 Å².